The number of piperazine rings is 1. The molecule has 1 amide bonds. The highest BCUT2D eigenvalue weighted by Crippen LogP contribution is 2.23. The molecule has 0 unspecified atom stereocenters. The highest BCUT2D eigenvalue weighted by atomic mass is 32.1. The van der Waals surface area contributed by atoms with Crippen LogP contribution in [-0.2, 0) is 6.42 Å². The molecule has 0 radical (unpaired) electrons. The smallest absolute Gasteiger partial charge is 0.264 e. The summed E-state index contributed by atoms with van der Waals surface area (Å²) in [6.07, 6.45) is 0.666. The van der Waals surface area contributed by atoms with Crippen molar-refractivity contribution in [2.45, 2.75) is 26.3 Å². The number of hydrogen-bond donors (Lipinski definition) is 0. The first kappa shape index (κ1) is 18.8. The second-order valence-electron chi connectivity index (χ2n) is 7.15. The minimum Gasteiger partial charge on any atom is -0.338 e. The highest BCUT2D eigenvalue weighted by molar-refractivity contribution is 7.12. The van der Waals surface area contributed by atoms with E-state index in [1.165, 1.54) is 16.9 Å². The van der Waals surface area contributed by atoms with Gasteiger partial charge in [0, 0.05) is 32.6 Å². The van der Waals surface area contributed by atoms with Crippen molar-refractivity contribution >= 4 is 17.2 Å². The first-order chi connectivity index (χ1) is 13.6. The van der Waals surface area contributed by atoms with E-state index in [4.69, 9.17) is 4.52 Å². The lowest BCUT2D eigenvalue weighted by Gasteiger charge is -2.36. The Bertz CT molecular complexity index is 929. The number of aromatic nitrogens is 2. The van der Waals surface area contributed by atoms with Crippen LogP contribution in [0.15, 0.2) is 46.3 Å². The SMILES string of the molecule is Cc1ccsc1C(=O)N1CCN([C@@H](C)c2nc(Cc3ccccc3)no2)CC1. The number of aryl methyl sites for hydroxylation is 1. The van der Waals surface area contributed by atoms with E-state index in [1.807, 2.05) is 41.5 Å². The van der Waals surface area contributed by atoms with E-state index in [1.54, 1.807) is 0 Å². The standard InChI is InChI=1S/C21H24N4O2S/c1-15-8-13-28-19(15)21(26)25-11-9-24(10-12-25)16(2)20-22-18(23-27-20)14-17-6-4-3-5-7-17/h3-8,13,16H,9-12,14H2,1-2H3/t16-/m0/s1. The molecule has 0 aliphatic carbocycles. The van der Waals surface area contributed by atoms with Crippen LogP contribution in [0, 0.1) is 6.92 Å². The molecule has 1 aliphatic heterocycles. The summed E-state index contributed by atoms with van der Waals surface area (Å²) in [6, 6.07) is 12.2. The van der Waals surface area contributed by atoms with Gasteiger partial charge in [0.15, 0.2) is 5.82 Å². The molecule has 1 atom stereocenters. The van der Waals surface area contributed by atoms with Crippen LogP contribution in [0.25, 0.3) is 0 Å². The number of hydrogen-bond acceptors (Lipinski definition) is 6. The summed E-state index contributed by atoms with van der Waals surface area (Å²) >= 11 is 1.52. The number of carbonyl (C=O) groups excluding carboxylic acids is 1. The van der Waals surface area contributed by atoms with E-state index in [2.05, 4.69) is 34.1 Å². The molecular formula is C21H24N4O2S. The van der Waals surface area contributed by atoms with Crippen LogP contribution < -0.4 is 0 Å². The van der Waals surface area contributed by atoms with Crippen LogP contribution in [0.3, 0.4) is 0 Å². The third-order valence-corrected chi connectivity index (χ3v) is 6.26. The zero-order chi connectivity index (χ0) is 19.5. The fourth-order valence-electron chi connectivity index (χ4n) is 3.49. The number of amides is 1. The van der Waals surface area contributed by atoms with Crippen molar-refractivity contribution in [1.82, 2.24) is 19.9 Å². The van der Waals surface area contributed by atoms with E-state index < -0.39 is 0 Å². The van der Waals surface area contributed by atoms with Crippen LogP contribution in [0.1, 0.15) is 45.5 Å². The molecule has 1 fully saturated rings. The molecule has 1 aliphatic rings. The first-order valence-corrected chi connectivity index (χ1v) is 10.4. The molecule has 1 aromatic carbocycles. The van der Waals surface area contributed by atoms with Gasteiger partial charge in [-0.05, 0) is 36.4 Å². The Balaban J connectivity index is 1.35. The maximum atomic E-state index is 12.7. The Morgan fingerprint density at radius 3 is 2.61 bits per heavy atom. The Labute approximate surface area is 168 Å². The van der Waals surface area contributed by atoms with Crippen molar-refractivity contribution in [3.63, 3.8) is 0 Å². The summed E-state index contributed by atoms with van der Waals surface area (Å²) in [7, 11) is 0. The highest BCUT2D eigenvalue weighted by Gasteiger charge is 2.28. The van der Waals surface area contributed by atoms with E-state index >= 15 is 0 Å². The van der Waals surface area contributed by atoms with Crippen molar-refractivity contribution in [1.29, 1.82) is 0 Å². The van der Waals surface area contributed by atoms with Crippen LogP contribution in [0.2, 0.25) is 0 Å². The van der Waals surface area contributed by atoms with Gasteiger partial charge in [0.25, 0.3) is 5.91 Å². The van der Waals surface area contributed by atoms with Crippen molar-refractivity contribution < 1.29 is 9.32 Å². The summed E-state index contributed by atoms with van der Waals surface area (Å²) in [5.74, 6) is 1.48. The van der Waals surface area contributed by atoms with Gasteiger partial charge in [0.2, 0.25) is 5.89 Å². The number of nitrogens with zero attached hydrogens (tertiary/aromatic N) is 4. The quantitative estimate of drug-likeness (QED) is 0.660. The normalized spacial score (nSPS) is 16.3. The lowest BCUT2D eigenvalue weighted by atomic mass is 10.1. The summed E-state index contributed by atoms with van der Waals surface area (Å²) < 4.78 is 5.52. The van der Waals surface area contributed by atoms with Crippen LogP contribution in [-0.4, -0.2) is 52.0 Å². The second kappa shape index (κ2) is 8.24. The lowest BCUT2D eigenvalue weighted by Crippen LogP contribution is -2.49. The third kappa shape index (κ3) is 4.00. The van der Waals surface area contributed by atoms with E-state index in [0.29, 0.717) is 31.2 Å². The summed E-state index contributed by atoms with van der Waals surface area (Å²) in [5, 5.41) is 6.11. The Morgan fingerprint density at radius 1 is 1.18 bits per heavy atom. The third-order valence-electron chi connectivity index (χ3n) is 5.25. The fourth-order valence-corrected chi connectivity index (χ4v) is 4.38. The first-order valence-electron chi connectivity index (χ1n) is 9.55. The van der Waals surface area contributed by atoms with Gasteiger partial charge in [-0.1, -0.05) is 35.5 Å². The predicted octanol–water partition coefficient (Wildman–Crippen LogP) is 3.55. The Hall–Kier alpha value is -2.51. The van der Waals surface area contributed by atoms with Crippen molar-refractivity contribution in [2.75, 3.05) is 26.2 Å². The van der Waals surface area contributed by atoms with Crippen molar-refractivity contribution in [3.05, 3.63) is 69.5 Å². The van der Waals surface area contributed by atoms with Gasteiger partial charge in [-0.15, -0.1) is 11.3 Å². The van der Waals surface area contributed by atoms with Gasteiger partial charge in [0.05, 0.1) is 10.9 Å². The molecule has 3 aromatic rings. The maximum Gasteiger partial charge on any atom is 0.264 e. The zero-order valence-corrected chi connectivity index (χ0v) is 17.0. The molecule has 28 heavy (non-hydrogen) atoms. The van der Waals surface area contributed by atoms with Crippen molar-refractivity contribution in [3.8, 4) is 0 Å². The number of thiophene rings is 1. The number of rotatable bonds is 5. The van der Waals surface area contributed by atoms with Gasteiger partial charge in [0.1, 0.15) is 0 Å². The molecule has 2 aromatic heterocycles. The summed E-state index contributed by atoms with van der Waals surface area (Å²) in [6.45, 7) is 7.10. The predicted molar refractivity (Wildman–Crippen MR) is 108 cm³/mol. The molecule has 1 saturated heterocycles. The molecule has 146 valence electrons. The molecule has 6 nitrogen and oxygen atoms in total. The Morgan fingerprint density at radius 2 is 1.93 bits per heavy atom. The Kier molecular flexibility index (Phi) is 5.54. The molecule has 0 N–H and O–H groups in total. The largest absolute Gasteiger partial charge is 0.338 e. The van der Waals surface area contributed by atoms with E-state index in [-0.39, 0.29) is 11.9 Å². The van der Waals surface area contributed by atoms with Gasteiger partial charge in [-0.25, -0.2) is 0 Å². The monoisotopic (exact) mass is 396 g/mol. The topological polar surface area (TPSA) is 62.5 Å². The minimum atomic E-state index is 0.0396. The van der Waals surface area contributed by atoms with Crippen LogP contribution in [0.5, 0.6) is 0 Å². The minimum absolute atomic E-state index is 0.0396. The van der Waals surface area contributed by atoms with E-state index in [0.717, 1.165) is 23.5 Å². The molecule has 7 heteroatoms. The van der Waals surface area contributed by atoms with Crippen LogP contribution >= 0.6 is 11.3 Å². The fraction of sp³-hybridized carbons (Fsp3) is 0.381. The summed E-state index contributed by atoms with van der Waals surface area (Å²) in [5.41, 5.74) is 2.22. The van der Waals surface area contributed by atoms with E-state index in [9.17, 15) is 4.79 Å². The maximum absolute atomic E-state index is 12.7. The number of benzene rings is 1. The molecule has 4 rings (SSSR count). The van der Waals surface area contributed by atoms with Gasteiger partial charge < -0.3 is 9.42 Å². The zero-order valence-electron chi connectivity index (χ0n) is 16.2. The van der Waals surface area contributed by atoms with Gasteiger partial charge in [-0.2, -0.15) is 4.98 Å². The lowest BCUT2D eigenvalue weighted by molar-refractivity contribution is 0.0555. The van der Waals surface area contributed by atoms with Crippen molar-refractivity contribution in [2.24, 2.45) is 0 Å². The summed E-state index contributed by atoms with van der Waals surface area (Å²) in [4.78, 5) is 22.4. The molecule has 0 bridgehead atoms. The van der Waals surface area contributed by atoms with Gasteiger partial charge >= 0.3 is 0 Å². The second-order valence-corrected chi connectivity index (χ2v) is 8.06. The molecule has 0 saturated carbocycles. The van der Waals surface area contributed by atoms with Crippen LogP contribution in [0.4, 0.5) is 0 Å². The molecular weight excluding hydrogens is 372 g/mol. The number of carbonyl (C=O) groups is 1. The van der Waals surface area contributed by atoms with Gasteiger partial charge in [-0.3, -0.25) is 9.69 Å². The average Bonchev–Trinajstić information content (AvgIpc) is 3.37. The molecule has 3 heterocycles. The average molecular weight is 397 g/mol. The molecule has 0 spiro atoms.